The summed E-state index contributed by atoms with van der Waals surface area (Å²) in [7, 11) is 1.98. The second-order valence-electron chi connectivity index (χ2n) is 6.04. The predicted molar refractivity (Wildman–Crippen MR) is 78.4 cm³/mol. The van der Waals surface area contributed by atoms with Gasteiger partial charge in [-0.25, -0.2) is 4.79 Å². The van der Waals surface area contributed by atoms with Crippen LogP contribution in [0.4, 0.5) is 0 Å². The van der Waals surface area contributed by atoms with Crippen molar-refractivity contribution < 1.29 is 14.6 Å². The maximum Gasteiger partial charge on any atom is 0.328 e. The summed E-state index contributed by atoms with van der Waals surface area (Å²) in [6.07, 6.45) is 4.86. The molecule has 112 valence electrons. The number of likely N-dealkylation sites (N-methyl/N-ethyl adjacent to an activating group) is 1. The number of hydrogen-bond donors (Lipinski definition) is 1. The van der Waals surface area contributed by atoms with Crippen LogP contribution in [0.3, 0.4) is 0 Å². The van der Waals surface area contributed by atoms with Gasteiger partial charge in [-0.3, -0.25) is 0 Å². The fraction of sp³-hybridized carbons (Fsp3) is 0.800. The predicted octanol–water partition coefficient (Wildman–Crippen LogP) is 2.79. The number of carboxylic acids is 1. The number of rotatable bonds is 10. The van der Waals surface area contributed by atoms with E-state index in [1.165, 1.54) is 6.08 Å². The minimum atomic E-state index is -0.897. The van der Waals surface area contributed by atoms with Gasteiger partial charge in [-0.15, -0.1) is 0 Å². The molecular formula is C15H29NO3. The highest BCUT2D eigenvalue weighted by Gasteiger charge is 2.18. The topological polar surface area (TPSA) is 49.8 Å². The van der Waals surface area contributed by atoms with E-state index in [4.69, 9.17) is 9.84 Å². The van der Waals surface area contributed by atoms with Crippen LogP contribution < -0.4 is 0 Å². The van der Waals surface area contributed by atoms with E-state index in [0.29, 0.717) is 12.5 Å². The van der Waals surface area contributed by atoms with Gasteiger partial charge in [0.25, 0.3) is 0 Å². The Hall–Kier alpha value is -0.870. The first-order valence-electron chi connectivity index (χ1n) is 6.95. The van der Waals surface area contributed by atoms with Crippen LogP contribution in [0, 0.1) is 5.92 Å². The van der Waals surface area contributed by atoms with Gasteiger partial charge < -0.3 is 14.7 Å². The van der Waals surface area contributed by atoms with Crippen LogP contribution >= 0.6 is 0 Å². The average molecular weight is 271 g/mol. The summed E-state index contributed by atoms with van der Waals surface area (Å²) in [5, 5.41) is 8.50. The molecule has 0 atom stereocenters. The summed E-state index contributed by atoms with van der Waals surface area (Å²) >= 11 is 0. The van der Waals surface area contributed by atoms with E-state index in [1.807, 2.05) is 7.05 Å². The van der Waals surface area contributed by atoms with Crippen molar-refractivity contribution in [2.45, 2.75) is 46.1 Å². The van der Waals surface area contributed by atoms with Crippen molar-refractivity contribution in [2.75, 3.05) is 26.7 Å². The van der Waals surface area contributed by atoms with E-state index in [2.05, 4.69) is 32.6 Å². The van der Waals surface area contributed by atoms with Crippen LogP contribution in [0.2, 0.25) is 0 Å². The lowest BCUT2D eigenvalue weighted by Crippen LogP contribution is -2.31. The molecule has 0 amide bonds. The molecule has 19 heavy (non-hydrogen) atoms. The number of hydrogen-bond acceptors (Lipinski definition) is 3. The molecule has 0 bridgehead atoms. The van der Waals surface area contributed by atoms with Crippen LogP contribution in [-0.4, -0.2) is 48.3 Å². The van der Waals surface area contributed by atoms with Crippen molar-refractivity contribution in [1.29, 1.82) is 0 Å². The normalized spacial score (nSPS) is 12.8. The van der Waals surface area contributed by atoms with Crippen molar-refractivity contribution in [3.63, 3.8) is 0 Å². The van der Waals surface area contributed by atoms with E-state index < -0.39 is 5.97 Å². The molecule has 0 spiro atoms. The van der Waals surface area contributed by atoms with E-state index in [1.54, 1.807) is 6.08 Å². The number of carboxylic acid groups (broad SMARTS) is 1. The molecule has 1 N–H and O–H groups in total. The highest BCUT2D eigenvalue weighted by Crippen LogP contribution is 2.16. The van der Waals surface area contributed by atoms with Crippen molar-refractivity contribution in [1.82, 2.24) is 4.90 Å². The molecule has 4 heteroatoms. The van der Waals surface area contributed by atoms with Crippen LogP contribution in [-0.2, 0) is 9.53 Å². The Bertz CT molecular complexity index is 285. The molecule has 4 nitrogen and oxygen atoms in total. The molecule has 0 unspecified atom stereocenters. The second-order valence-corrected chi connectivity index (χ2v) is 6.04. The number of nitrogens with zero attached hydrogens (tertiary/aromatic N) is 1. The lowest BCUT2D eigenvalue weighted by molar-refractivity contribution is -0.131. The summed E-state index contributed by atoms with van der Waals surface area (Å²) in [5.41, 5.74) is -0.125. The van der Waals surface area contributed by atoms with Crippen molar-refractivity contribution in [2.24, 2.45) is 5.92 Å². The maximum absolute atomic E-state index is 10.3. The highest BCUT2D eigenvalue weighted by atomic mass is 16.5. The molecule has 0 aromatic heterocycles. The van der Waals surface area contributed by atoms with Crippen molar-refractivity contribution in [3.05, 3.63) is 12.2 Å². The van der Waals surface area contributed by atoms with E-state index in [-0.39, 0.29) is 5.60 Å². The molecule has 0 aliphatic heterocycles. The molecule has 0 aliphatic carbocycles. The Labute approximate surface area is 117 Å². The largest absolute Gasteiger partial charge is 0.478 e. The first-order valence-corrected chi connectivity index (χ1v) is 6.95. The van der Waals surface area contributed by atoms with Gasteiger partial charge >= 0.3 is 5.97 Å². The minimum Gasteiger partial charge on any atom is -0.478 e. The van der Waals surface area contributed by atoms with E-state index in [9.17, 15) is 4.79 Å². The standard InChI is InChI=1S/C15H29NO3/c1-13(2)8-12-19-15(3,4)9-11-16(5)10-6-7-14(17)18/h6-7,13H,8-12H2,1-5H3,(H,17,18)/b7-6+. The molecule has 0 saturated heterocycles. The summed E-state index contributed by atoms with van der Waals surface area (Å²) in [4.78, 5) is 12.4. The number of carbonyl (C=O) groups is 1. The quantitative estimate of drug-likeness (QED) is 0.621. The third-order valence-corrected chi connectivity index (χ3v) is 2.96. The minimum absolute atomic E-state index is 0.125. The van der Waals surface area contributed by atoms with E-state index >= 15 is 0 Å². The third kappa shape index (κ3) is 11.9. The monoisotopic (exact) mass is 271 g/mol. The summed E-state index contributed by atoms with van der Waals surface area (Å²) in [5.74, 6) is -0.231. The van der Waals surface area contributed by atoms with Crippen molar-refractivity contribution >= 4 is 5.97 Å². The zero-order valence-electron chi connectivity index (χ0n) is 13.0. The summed E-state index contributed by atoms with van der Waals surface area (Å²) in [6, 6.07) is 0. The molecule has 0 fully saturated rings. The van der Waals surface area contributed by atoms with Crippen molar-refractivity contribution in [3.8, 4) is 0 Å². The van der Waals surface area contributed by atoms with Crippen LogP contribution in [0.5, 0.6) is 0 Å². The van der Waals surface area contributed by atoms with Crippen LogP contribution in [0.15, 0.2) is 12.2 Å². The van der Waals surface area contributed by atoms with Crippen LogP contribution in [0.1, 0.15) is 40.5 Å². The summed E-state index contributed by atoms with van der Waals surface area (Å²) < 4.78 is 5.89. The lowest BCUT2D eigenvalue weighted by atomic mass is 10.0. The van der Waals surface area contributed by atoms with Gasteiger partial charge in [-0.2, -0.15) is 0 Å². The Kier molecular flexibility index (Phi) is 8.68. The molecule has 0 radical (unpaired) electrons. The zero-order chi connectivity index (χ0) is 14.9. The van der Waals surface area contributed by atoms with Gasteiger partial charge in [-0.05, 0) is 39.7 Å². The SMILES string of the molecule is CC(C)CCOC(C)(C)CCN(C)C/C=C/C(=O)O. The van der Waals surface area contributed by atoms with E-state index in [0.717, 1.165) is 26.0 Å². The average Bonchev–Trinajstić information content (AvgIpc) is 2.25. The molecule has 0 saturated carbocycles. The van der Waals surface area contributed by atoms with Gasteiger partial charge in [-0.1, -0.05) is 19.9 Å². The Morgan fingerprint density at radius 3 is 2.58 bits per heavy atom. The number of ether oxygens (including phenoxy) is 1. The van der Waals surface area contributed by atoms with Crippen LogP contribution in [0.25, 0.3) is 0 Å². The lowest BCUT2D eigenvalue weighted by Gasteiger charge is -2.28. The third-order valence-electron chi connectivity index (χ3n) is 2.96. The zero-order valence-corrected chi connectivity index (χ0v) is 13.0. The molecule has 0 aromatic carbocycles. The second kappa shape index (κ2) is 9.10. The first kappa shape index (κ1) is 18.1. The molecule has 0 rings (SSSR count). The summed E-state index contributed by atoms with van der Waals surface area (Å²) in [6.45, 7) is 10.9. The fourth-order valence-corrected chi connectivity index (χ4v) is 1.53. The van der Waals surface area contributed by atoms with Gasteiger partial charge in [0, 0.05) is 25.8 Å². The first-order chi connectivity index (χ1) is 8.73. The molecular weight excluding hydrogens is 242 g/mol. The van der Waals surface area contributed by atoms with Gasteiger partial charge in [0.1, 0.15) is 0 Å². The molecule has 0 aliphatic rings. The Morgan fingerprint density at radius 2 is 2.05 bits per heavy atom. The fourth-order valence-electron chi connectivity index (χ4n) is 1.53. The van der Waals surface area contributed by atoms with Gasteiger partial charge in [0.15, 0.2) is 0 Å². The Balaban J connectivity index is 3.85. The maximum atomic E-state index is 10.3. The smallest absolute Gasteiger partial charge is 0.328 e. The Morgan fingerprint density at radius 1 is 1.42 bits per heavy atom. The highest BCUT2D eigenvalue weighted by molar-refractivity contribution is 5.79. The number of aliphatic carboxylic acids is 1. The van der Waals surface area contributed by atoms with Gasteiger partial charge in [0.2, 0.25) is 0 Å². The molecule has 0 heterocycles. The molecule has 0 aromatic rings. The van der Waals surface area contributed by atoms with Gasteiger partial charge in [0.05, 0.1) is 5.60 Å².